The number of hydrogen-bond donors (Lipinski definition) is 0. The number of rotatable bonds is 4. The number of halogens is 1. The second-order valence-electron chi connectivity index (χ2n) is 23.1. The van der Waals surface area contributed by atoms with Crippen LogP contribution in [0.5, 0.6) is 0 Å². The summed E-state index contributed by atoms with van der Waals surface area (Å²) in [6.07, 6.45) is 4.65. The van der Waals surface area contributed by atoms with Crippen LogP contribution in [0.1, 0.15) is 97.8 Å². The van der Waals surface area contributed by atoms with E-state index in [4.69, 9.17) is 0 Å². The summed E-state index contributed by atoms with van der Waals surface area (Å²) in [6, 6.07) is 52.2. The molecule has 6 heteroatoms. The molecule has 0 radical (unpaired) electrons. The Hall–Kier alpha value is -5.85. The summed E-state index contributed by atoms with van der Waals surface area (Å²) in [5, 5.41) is 3.01. The molecule has 4 heterocycles. The normalized spacial score (nSPS) is 20.8. The van der Waals surface area contributed by atoms with Crippen molar-refractivity contribution in [2.45, 2.75) is 116 Å². The molecule has 3 nitrogen and oxygen atoms in total. The summed E-state index contributed by atoms with van der Waals surface area (Å²) < 4.78 is 15.0. The van der Waals surface area contributed by atoms with Crippen LogP contribution in [-0.4, -0.2) is 20.3 Å². The highest BCUT2D eigenvalue weighted by molar-refractivity contribution is 7.16. The molecule has 0 aromatic heterocycles. The molecule has 0 bridgehead atoms. The van der Waals surface area contributed by atoms with Crippen LogP contribution >= 0.6 is 0 Å². The Morgan fingerprint density at radius 2 is 1.09 bits per heavy atom. The Morgan fingerprint density at radius 3 is 1.68 bits per heavy atom. The molecular formula is C60H61BFN3Si. The minimum Gasteiger partial charge on any atom is -0.334 e. The Labute approximate surface area is 393 Å². The Kier molecular flexibility index (Phi) is 8.73. The zero-order chi connectivity index (χ0) is 45.9. The minimum absolute atomic E-state index is 0.0534. The van der Waals surface area contributed by atoms with Gasteiger partial charge in [-0.1, -0.05) is 152 Å². The van der Waals surface area contributed by atoms with E-state index in [0.29, 0.717) is 0 Å². The van der Waals surface area contributed by atoms with Gasteiger partial charge >= 0.3 is 0 Å². The molecule has 1 fully saturated rings. The molecule has 0 saturated heterocycles. The number of benzene rings is 7. The molecular weight excluding hydrogens is 821 g/mol. The fourth-order valence-electron chi connectivity index (χ4n) is 13.1. The van der Waals surface area contributed by atoms with Gasteiger partial charge in [0.25, 0.3) is 6.71 Å². The smallest absolute Gasteiger partial charge is 0.251 e. The molecule has 5 aliphatic rings. The van der Waals surface area contributed by atoms with Gasteiger partial charge in [0.1, 0.15) is 13.9 Å². The number of hydrogen-bond acceptors (Lipinski definition) is 3. The standard InChI is InChI=1S/C60H61BFN3Si/c1-57(2,3)40-33-41(58(4,5)6)35-44(34-40)64-49-21-17-23-53-56(49)61-54-50(63(43-27-25-42(62)26-28-43)48-20-16-22-52(55(48)61)66(53,9)10)36-45(37-51(54)64)65-47-29-24-39(38-18-12-11-13-19-38)32-46(47)59(7)30-14-15-31-60(59,65)8/h11-13,16-29,32-37H,14-15,30-31H2,1-10H3. The third kappa shape index (κ3) is 5.66. The first-order chi connectivity index (χ1) is 31.4. The average molecular weight is 882 g/mol. The van der Waals surface area contributed by atoms with Crippen molar-refractivity contribution in [3.05, 3.63) is 162 Å². The highest BCUT2D eigenvalue weighted by Crippen LogP contribution is 2.62. The third-order valence-electron chi connectivity index (χ3n) is 16.9. The van der Waals surface area contributed by atoms with Gasteiger partial charge in [0.2, 0.25) is 0 Å². The SMILES string of the molecule is CC(C)(C)c1cc(N2c3cc(N4c5ccc(-c6ccccc6)cc5C5(C)CCCCC45C)cc4c3B3c5c(cccc5[Si](C)(C)c5cccc2c53)N4c2ccc(F)cc2)cc(C(C)(C)C)c1. The highest BCUT2D eigenvalue weighted by Gasteiger charge is 2.59. The summed E-state index contributed by atoms with van der Waals surface area (Å²) in [5.41, 5.74) is 20.1. The molecule has 66 heavy (non-hydrogen) atoms. The summed E-state index contributed by atoms with van der Waals surface area (Å²) in [4.78, 5) is 7.91. The Balaban J connectivity index is 1.21. The van der Waals surface area contributed by atoms with Gasteiger partial charge in [0.15, 0.2) is 0 Å². The van der Waals surface area contributed by atoms with Crippen LogP contribution in [-0.2, 0) is 16.2 Å². The first-order valence-electron chi connectivity index (χ1n) is 24.4. The van der Waals surface area contributed by atoms with Crippen LogP contribution < -0.4 is 41.5 Å². The van der Waals surface area contributed by atoms with Crippen molar-refractivity contribution < 1.29 is 4.39 Å². The first-order valence-corrected chi connectivity index (χ1v) is 27.4. The second kappa shape index (κ2) is 13.9. The van der Waals surface area contributed by atoms with Crippen LogP contribution in [0.3, 0.4) is 0 Å². The van der Waals surface area contributed by atoms with E-state index in [9.17, 15) is 0 Å². The largest absolute Gasteiger partial charge is 0.334 e. The molecule has 12 rings (SSSR count). The second-order valence-corrected chi connectivity index (χ2v) is 27.4. The summed E-state index contributed by atoms with van der Waals surface area (Å²) in [6.45, 7) is 24.3. The molecule has 1 saturated carbocycles. The van der Waals surface area contributed by atoms with Gasteiger partial charge in [0.05, 0.1) is 5.54 Å². The van der Waals surface area contributed by atoms with Gasteiger partial charge in [-0.3, -0.25) is 0 Å². The quantitative estimate of drug-likeness (QED) is 0.163. The molecule has 2 atom stereocenters. The molecule has 7 aromatic rings. The van der Waals surface area contributed by atoms with Gasteiger partial charge in [-0.25, -0.2) is 4.39 Å². The molecule has 0 amide bonds. The van der Waals surface area contributed by atoms with Crippen molar-refractivity contribution in [1.29, 1.82) is 0 Å². The van der Waals surface area contributed by atoms with Gasteiger partial charge in [-0.2, -0.15) is 0 Å². The fourth-order valence-corrected chi connectivity index (χ4v) is 16.3. The first kappa shape index (κ1) is 41.6. The molecule has 1 aliphatic carbocycles. The number of fused-ring (bicyclic) bond motifs is 3. The topological polar surface area (TPSA) is 9.72 Å². The summed E-state index contributed by atoms with van der Waals surface area (Å²) in [7, 11) is -2.22. The van der Waals surface area contributed by atoms with Gasteiger partial charge in [-0.15, -0.1) is 0 Å². The van der Waals surface area contributed by atoms with Crippen LogP contribution in [0, 0.1) is 5.82 Å². The third-order valence-corrected chi connectivity index (χ3v) is 20.5. The molecule has 0 spiro atoms. The van der Waals surface area contributed by atoms with Gasteiger partial charge in [-0.05, 0) is 148 Å². The van der Waals surface area contributed by atoms with E-state index < -0.39 is 8.07 Å². The van der Waals surface area contributed by atoms with E-state index in [2.05, 4.69) is 198 Å². The van der Waals surface area contributed by atoms with Crippen molar-refractivity contribution in [2.24, 2.45) is 0 Å². The minimum atomic E-state index is -2.22. The molecule has 4 aliphatic heterocycles. The van der Waals surface area contributed by atoms with Crippen LogP contribution in [0.25, 0.3) is 11.1 Å². The van der Waals surface area contributed by atoms with Crippen LogP contribution in [0.4, 0.5) is 49.9 Å². The van der Waals surface area contributed by atoms with Crippen molar-refractivity contribution >= 4 is 87.0 Å². The number of anilines is 8. The van der Waals surface area contributed by atoms with Crippen molar-refractivity contribution in [3.8, 4) is 11.1 Å². The van der Waals surface area contributed by atoms with E-state index in [1.807, 2.05) is 12.1 Å². The highest BCUT2D eigenvalue weighted by atomic mass is 28.3. The zero-order valence-electron chi connectivity index (χ0n) is 40.4. The van der Waals surface area contributed by atoms with Crippen LogP contribution in [0.2, 0.25) is 13.1 Å². The molecule has 330 valence electrons. The van der Waals surface area contributed by atoms with Crippen molar-refractivity contribution in [2.75, 3.05) is 14.7 Å². The predicted molar refractivity (Wildman–Crippen MR) is 283 cm³/mol. The Morgan fingerprint density at radius 1 is 0.515 bits per heavy atom. The van der Waals surface area contributed by atoms with E-state index >= 15 is 4.39 Å². The van der Waals surface area contributed by atoms with Crippen LogP contribution in [0.15, 0.2) is 140 Å². The van der Waals surface area contributed by atoms with E-state index in [-0.39, 0.29) is 34.3 Å². The van der Waals surface area contributed by atoms with Crippen molar-refractivity contribution in [1.82, 2.24) is 0 Å². The summed E-state index contributed by atoms with van der Waals surface area (Å²) in [5.74, 6) is -0.223. The van der Waals surface area contributed by atoms with Gasteiger partial charge < -0.3 is 14.7 Å². The average Bonchev–Trinajstić information content (AvgIpc) is 3.50. The maximum atomic E-state index is 15.0. The lowest BCUT2D eigenvalue weighted by Gasteiger charge is -2.52. The maximum absolute atomic E-state index is 15.0. The predicted octanol–water partition coefficient (Wildman–Crippen LogP) is 13.0. The maximum Gasteiger partial charge on any atom is 0.251 e. The zero-order valence-corrected chi connectivity index (χ0v) is 41.4. The molecule has 2 unspecified atom stereocenters. The van der Waals surface area contributed by atoms with E-state index in [0.717, 1.165) is 18.5 Å². The van der Waals surface area contributed by atoms with Crippen molar-refractivity contribution in [3.63, 3.8) is 0 Å². The molecule has 7 aromatic carbocycles. The molecule has 0 N–H and O–H groups in total. The van der Waals surface area contributed by atoms with E-state index in [1.165, 1.54) is 107 Å². The lowest BCUT2D eigenvalue weighted by Crippen LogP contribution is -2.79. The lowest BCUT2D eigenvalue weighted by molar-refractivity contribution is 0.195. The number of nitrogens with zero attached hydrogens (tertiary/aromatic N) is 3. The lowest BCUT2D eigenvalue weighted by atomic mass is 9.33. The summed E-state index contributed by atoms with van der Waals surface area (Å²) >= 11 is 0. The Bertz CT molecular complexity index is 3130. The fraction of sp³-hybridized carbons (Fsp3) is 0.300. The van der Waals surface area contributed by atoms with Gasteiger partial charge in [0, 0.05) is 50.9 Å². The van der Waals surface area contributed by atoms with E-state index in [1.54, 1.807) is 12.1 Å². The monoisotopic (exact) mass is 881 g/mol.